The number of imide groups is 1. The molecule has 0 aliphatic carbocycles. The summed E-state index contributed by atoms with van der Waals surface area (Å²) in [6.07, 6.45) is 2.10. The summed E-state index contributed by atoms with van der Waals surface area (Å²) in [6.45, 7) is -0.354. The summed E-state index contributed by atoms with van der Waals surface area (Å²) >= 11 is 0. The van der Waals surface area contributed by atoms with Crippen LogP contribution in [0.15, 0.2) is 24.3 Å². The van der Waals surface area contributed by atoms with Crippen molar-refractivity contribution >= 4 is 24.0 Å². The Balaban J connectivity index is 2.66. The second kappa shape index (κ2) is 10.7. The molecule has 0 aliphatic heterocycles. The highest BCUT2D eigenvalue weighted by molar-refractivity contribution is 5.96. The van der Waals surface area contributed by atoms with Gasteiger partial charge in [0.25, 0.3) is 5.91 Å². The molecule has 0 aliphatic rings. The largest absolute Gasteiger partial charge is 0.493 e. The molecule has 0 fully saturated rings. The van der Waals surface area contributed by atoms with Gasteiger partial charge in [-0.1, -0.05) is 12.1 Å². The topological polar surface area (TPSA) is 103 Å². The van der Waals surface area contributed by atoms with Gasteiger partial charge in [0, 0.05) is 17.7 Å². The van der Waals surface area contributed by atoms with E-state index in [1.54, 1.807) is 13.8 Å². The minimum atomic E-state index is -3.08. The number of methoxy groups -OCH3 is 1. The highest BCUT2D eigenvalue weighted by Crippen LogP contribution is 2.33. The van der Waals surface area contributed by atoms with Crippen LogP contribution in [0, 0.1) is 0 Å². The van der Waals surface area contributed by atoms with Crippen molar-refractivity contribution in [1.82, 2.24) is 10.6 Å². The van der Waals surface area contributed by atoms with Crippen molar-refractivity contribution < 1.29 is 37.4 Å². The molecule has 27 heavy (non-hydrogen) atoms. The van der Waals surface area contributed by atoms with Gasteiger partial charge < -0.3 is 19.5 Å². The number of ether oxygens (including phenoxy) is 3. The van der Waals surface area contributed by atoms with Crippen molar-refractivity contribution in [1.29, 1.82) is 0 Å². The zero-order valence-corrected chi connectivity index (χ0v) is 15.0. The molecule has 2 N–H and O–H groups in total. The van der Waals surface area contributed by atoms with Crippen LogP contribution in [-0.4, -0.2) is 44.3 Å². The fourth-order valence-corrected chi connectivity index (χ4v) is 1.84. The maximum absolute atomic E-state index is 12.5. The quantitative estimate of drug-likeness (QED) is 0.524. The van der Waals surface area contributed by atoms with Crippen LogP contribution in [0.4, 0.5) is 13.6 Å². The number of halogens is 2. The van der Waals surface area contributed by atoms with Crippen LogP contribution >= 0.6 is 0 Å². The van der Waals surface area contributed by atoms with E-state index in [-0.39, 0.29) is 23.1 Å². The first kappa shape index (κ1) is 21.9. The number of urea groups is 1. The van der Waals surface area contributed by atoms with Crippen LogP contribution in [0.1, 0.15) is 19.4 Å². The van der Waals surface area contributed by atoms with Gasteiger partial charge in [0.1, 0.15) is 0 Å². The smallest absolute Gasteiger partial charge is 0.387 e. The van der Waals surface area contributed by atoms with E-state index in [9.17, 15) is 23.2 Å². The molecular weight excluding hydrogens is 366 g/mol. The summed E-state index contributed by atoms with van der Waals surface area (Å²) in [5.74, 6) is -1.93. The lowest BCUT2D eigenvalue weighted by Gasteiger charge is -2.12. The number of esters is 1. The molecule has 3 amide bonds. The monoisotopic (exact) mass is 386 g/mol. The normalized spacial score (nSPS) is 10.8. The first-order valence-electron chi connectivity index (χ1n) is 7.80. The van der Waals surface area contributed by atoms with E-state index < -0.39 is 31.1 Å². The van der Waals surface area contributed by atoms with E-state index in [4.69, 9.17) is 4.74 Å². The van der Waals surface area contributed by atoms with Crippen LogP contribution < -0.4 is 20.1 Å². The number of carbonyl (C=O) groups excluding carboxylic acids is 3. The minimum Gasteiger partial charge on any atom is -0.493 e. The number of nitrogens with one attached hydrogen (secondary N) is 2. The van der Waals surface area contributed by atoms with E-state index in [1.165, 1.54) is 31.4 Å². The van der Waals surface area contributed by atoms with Gasteiger partial charge in [-0.25, -0.2) is 9.59 Å². The minimum absolute atomic E-state index is 0.0568. The summed E-state index contributed by atoms with van der Waals surface area (Å²) in [5.41, 5.74) is 0.146. The standard InChI is InChI=1S/C17H20F2N2O6/c1-10(2)20-17(24)21-13(22)9-26-14(23)8-7-11-5-4-6-12(25-3)15(11)27-16(18)19/h4-8,10,16H,9H2,1-3H3,(H2,20,21,22,24)/b8-7+. The number of alkyl halides is 2. The second-order valence-electron chi connectivity index (χ2n) is 5.37. The van der Waals surface area contributed by atoms with Crippen LogP contribution in [0.2, 0.25) is 0 Å². The van der Waals surface area contributed by atoms with Crippen molar-refractivity contribution in [2.24, 2.45) is 0 Å². The van der Waals surface area contributed by atoms with Gasteiger partial charge in [-0.15, -0.1) is 0 Å². The second-order valence-corrected chi connectivity index (χ2v) is 5.37. The van der Waals surface area contributed by atoms with E-state index in [1.807, 2.05) is 5.32 Å². The van der Waals surface area contributed by atoms with E-state index in [2.05, 4.69) is 14.8 Å². The third kappa shape index (κ3) is 8.17. The molecule has 10 heteroatoms. The van der Waals surface area contributed by atoms with E-state index >= 15 is 0 Å². The summed E-state index contributed by atoms with van der Waals surface area (Å²) in [4.78, 5) is 34.5. The van der Waals surface area contributed by atoms with Crippen LogP contribution in [0.5, 0.6) is 11.5 Å². The summed E-state index contributed by atoms with van der Waals surface area (Å²) in [6, 6.07) is 3.47. The lowest BCUT2D eigenvalue weighted by Crippen LogP contribution is -2.43. The average Bonchev–Trinajstić information content (AvgIpc) is 2.57. The first-order chi connectivity index (χ1) is 12.7. The SMILES string of the molecule is COc1cccc(/C=C/C(=O)OCC(=O)NC(=O)NC(C)C)c1OC(F)F. The molecule has 1 aromatic carbocycles. The van der Waals surface area contributed by atoms with Crippen molar-refractivity contribution in [3.8, 4) is 11.5 Å². The van der Waals surface area contributed by atoms with Gasteiger partial charge in [-0.3, -0.25) is 10.1 Å². The van der Waals surface area contributed by atoms with Gasteiger partial charge >= 0.3 is 18.6 Å². The Morgan fingerprint density at radius 1 is 1.22 bits per heavy atom. The lowest BCUT2D eigenvalue weighted by atomic mass is 10.1. The molecule has 0 heterocycles. The number of para-hydroxylation sites is 1. The number of rotatable bonds is 8. The molecule has 148 valence electrons. The molecule has 0 bridgehead atoms. The Morgan fingerprint density at radius 2 is 1.93 bits per heavy atom. The summed E-state index contributed by atoms with van der Waals surface area (Å²) < 4.78 is 39.1. The Bertz CT molecular complexity index is 707. The Kier molecular flexibility index (Phi) is 8.70. The maximum Gasteiger partial charge on any atom is 0.387 e. The molecule has 0 saturated heterocycles. The highest BCUT2D eigenvalue weighted by atomic mass is 19.3. The van der Waals surface area contributed by atoms with Crippen LogP contribution in [-0.2, 0) is 14.3 Å². The number of hydrogen-bond donors (Lipinski definition) is 2. The summed E-state index contributed by atoms with van der Waals surface area (Å²) in [7, 11) is 1.28. The Morgan fingerprint density at radius 3 is 2.52 bits per heavy atom. The zero-order chi connectivity index (χ0) is 20.4. The predicted octanol–water partition coefficient (Wildman–Crippen LogP) is 2.09. The maximum atomic E-state index is 12.5. The molecule has 0 spiro atoms. The van der Waals surface area contributed by atoms with Crippen LogP contribution in [0.3, 0.4) is 0 Å². The van der Waals surface area contributed by atoms with Crippen molar-refractivity contribution in [3.63, 3.8) is 0 Å². The van der Waals surface area contributed by atoms with Crippen molar-refractivity contribution in [2.75, 3.05) is 13.7 Å². The van der Waals surface area contributed by atoms with Gasteiger partial charge in [0.15, 0.2) is 18.1 Å². The molecule has 0 radical (unpaired) electrons. The molecule has 8 nitrogen and oxygen atoms in total. The number of benzene rings is 1. The molecule has 0 unspecified atom stereocenters. The fourth-order valence-electron chi connectivity index (χ4n) is 1.84. The van der Waals surface area contributed by atoms with E-state index in [0.717, 1.165) is 6.08 Å². The molecular formula is C17H20F2N2O6. The summed E-state index contributed by atoms with van der Waals surface area (Å²) in [5, 5.41) is 4.40. The fraction of sp³-hybridized carbons (Fsp3) is 0.353. The Labute approximate surface area is 154 Å². The van der Waals surface area contributed by atoms with Gasteiger partial charge in [-0.05, 0) is 26.0 Å². The number of amides is 3. The van der Waals surface area contributed by atoms with Gasteiger partial charge in [-0.2, -0.15) is 8.78 Å². The third-order valence-electron chi connectivity index (χ3n) is 2.85. The number of carbonyl (C=O) groups is 3. The molecule has 1 aromatic rings. The van der Waals surface area contributed by atoms with Crippen molar-refractivity contribution in [3.05, 3.63) is 29.8 Å². The van der Waals surface area contributed by atoms with Crippen molar-refractivity contribution in [2.45, 2.75) is 26.5 Å². The predicted molar refractivity (Wildman–Crippen MR) is 91.4 cm³/mol. The molecule has 1 rings (SSSR count). The van der Waals surface area contributed by atoms with Gasteiger partial charge in [0.05, 0.1) is 7.11 Å². The van der Waals surface area contributed by atoms with Crippen LogP contribution in [0.25, 0.3) is 6.08 Å². The lowest BCUT2D eigenvalue weighted by molar-refractivity contribution is -0.143. The average molecular weight is 386 g/mol. The highest BCUT2D eigenvalue weighted by Gasteiger charge is 2.14. The van der Waals surface area contributed by atoms with Gasteiger partial charge in [0.2, 0.25) is 0 Å². The molecule has 0 atom stereocenters. The molecule has 0 aromatic heterocycles. The molecule has 0 saturated carbocycles. The number of hydrogen-bond acceptors (Lipinski definition) is 6. The van der Waals surface area contributed by atoms with E-state index in [0.29, 0.717) is 0 Å². The third-order valence-corrected chi connectivity index (χ3v) is 2.85. The zero-order valence-electron chi connectivity index (χ0n) is 15.0. The Hall–Kier alpha value is -3.17. The first-order valence-corrected chi connectivity index (χ1v) is 7.80.